The van der Waals surface area contributed by atoms with E-state index in [1.54, 1.807) is 68.6 Å². The standard InChI is InChI=1S/C21H20N4O4/c1-3-29-21(27)16-9-4-5-10-17(16)23-19-12-11-18(24-25-19)20(26)22-14-7-6-8-15(13-14)28-2/h4-13H,3H2,1-2H3,(H,22,26)(H,23,25). The van der Waals surface area contributed by atoms with Gasteiger partial charge in [0.2, 0.25) is 0 Å². The van der Waals surface area contributed by atoms with Gasteiger partial charge in [0.05, 0.1) is 25.0 Å². The van der Waals surface area contributed by atoms with Crippen molar-refractivity contribution in [3.8, 4) is 5.75 Å². The fraction of sp³-hybridized carbons (Fsp3) is 0.143. The van der Waals surface area contributed by atoms with Crippen LogP contribution in [0.1, 0.15) is 27.8 Å². The number of aromatic nitrogens is 2. The van der Waals surface area contributed by atoms with Crippen LogP contribution in [0.5, 0.6) is 5.75 Å². The SMILES string of the molecule is CCOC(=O)c1ccccc1Nc1ccc(C(=O)Nc2cccc(OC)c2)nn1. The third-order valence-corrected chi connectivity index (χ3v) is 3.91. The number of nitrogens with one attached hydrogen (secondary N) is 2. The normalized spacial score (nSPS) is 10.1. The number of carbonyl (C=O) groups is 2. The number of nitrogens with zero attached hydrogens (tertiary/aromatic N) is 2. The molecule has 3 rings (SSSR count). The Kier molecular flexibility index (Phi) is 6.36. The number of anilines is 3. The molecule has 0 aliphatic heterocycles. The highest BCUT2D eigenvalue weighted by Crippen LogP contribution is 2.21. The molecule has 148 valence electrons. The van der Waals surface area contributed by atoms with E-state index < -0.39 is 11.9 Å². The van der Waals surface area contributed by atoms with Crippen molar-refractivity contribution in [2.75, 3.05) is 24.4 Å². The van der Waals surface area contributed by atoms with Crippen LogP contribution in [0.15, 0.2) is 60.7 Å². The largest absolute Gasteiger partial charge is 0.497 e. The van der Waals surface area contributed by atoms with Crippen LogP contribution in [0.3, 0.4) is 0 Å². The maximum Gasteiger partial charge on any atom is 0.340 e. The average Bonchev–Trinajstić information content (AvgIpc) is 2.75. The van der Waals surface area contributed by atoms with Crippen LogP contribution in [0.2, 0.25) is 0 Å². The summed E-state index contributed by atoms with van der Waals surface area (Å²) in [6, 6.07) is 17.1. The van der Waals surface area contributed by atoms with Crippen molar-refractivity contribution in [1.29, 1.82) is 0 Å². The van der Waals surface area contributed by atoms with Crippen molar-refractivity contribution in [3.05, 3.63) is 71.9 Å². The van der Waals surface area contributed by atoms with Crippen LogP contribution >= 0.6 is 0 Å². The Labute approximate surface area is 167 Å². The van der Waals surface area contributed by atoms with Gasteiger partial charge < -0.3 is 20.1 Å². The lowest BCUT2D eigenvalue weighted by molar-refractivity contribution is 0.0527. The number of carbonyl (C=O) groups excluding carboxylic acids is 2. The second-order valence-corrected chi connectivity index (χ2v) is 5.88. The van der Waals surface area contributed by atoms with Gasteiger partial charge in [0.15, 0.2) is 11.5 Å². The van der Waals surface area contributed by atoms with Crippen molar-refractivity contribution >= 4 is 29.1 Å². The highest BCUT2D eigenvalue weighted by molar-refractivity contribution is 6.03. The highest BCUT2D eigenvalue weighted by atomic mass is 16.5. The number of rotatable bonds is 7. The van der Waals surface area contributed by atoms with Crippen molar-refractivity contribution in [2.45, 2.75) is 6.92 Å². The predicted molar refractivity (Wildman–Crippen MR) is 109 cm³/mol. The number of methoxy groups -OCH3 is 1. The average molecular weight is 392 g/mol. The van der Waals surface area contributed by atoms with Crippen molar-refractivity contribution in [3.63, 3.8) is 0 Å². The fourth-order valence-electron chi connectivity index (χ4n) is 2.53. The summed E-state index contributed by atoms with van der Waals surface area (Å²) in [7, 11) is 1.55. The second-order valence-electron chi connectivity index (χ2n) is 5.88. The van der Waals surface area contributed by atoms with E-state index in [2.05, 4.69) is 20.8 Å². The lowest BCUT2D eigenvalue weighted by Crippen LogP contribution is -2.15. The van der Waals surface area contributed by atoms with Crippen LogP contribution in [-0.4, -0.2) is 35.8 Å². The molecule has 3 aromatic rings. The molecule has 1 aromatic heterocycles. The quantitative estimate of drug-likeness (QED) is 0.592. The van der Waals surface area contributed by atoms with Gasteiger partial charge in [-0.05, 0) is 43.3 Å². The van der Waals surface area contributed by atoms with E-state index in [1.807, 2.05) is 0 Å². The minimum atomic E-state index is -0.433. The molecule has 1 heterocycles. The second kappa shape index (κ2) is 9.32. The minimum Gasteiger partial charge on any atom is -0.497 e. The summed E-state index contributed by atoms with van der Waals surface area (Å²) >= 11 is 0. The summed E-state index contributed by atoms with van der Waals surface area (Å²) < 4.78 is 10.2. The molecule has 2 aromatic carbocycles. The Morgan fingerprint density at radius 1 is 1.00 bits per heavy atom. The molecule has 0 spiro atoms. The first kappa shape index (κ1) is 19.8. The van der Waals surface area contributed by atoms with Gasteiger partial charge in [-0.25, -0.2) is 4.79 Å². The van der Waals surface area contributed by atoms with Gasteiger partial charge in [-0.2, -0.15) is 0 Å². The van der Waals surface area contributed by atoms with E-state index in [4.69, 9.17) is 9.47 Å². The van der Waals surface area contributed by atoms with Gasteiger partial charge in [0.1, 0.15) is 5.75 Å². The number of benzene rings is 2. The number of esters is 1. The third kappa shape index (κ3) is 5.07. The monoisotopic (exact) mass is 392 g/mol. The zero-order valence-electron chi connectivity index (χ0n) is 16.0. The Hall–Kier alpha value is -3.94. The summed E-state index contributed by atoms with van der Waals surface area (Å²) in [5.74, 6) is 0.190. The summed E-state index contributed by atoms with van der Waals surface area (Å²) in [6.45, 7) is 2.03. The van der Waals surface area contributed by atoms with Crippen molar-refractivity contribution in [1.82, 2.24) is 10.2 Å². The van der Waals surface area contributed by atoms with E-state index in [1.165, 1.54) is 6.07 Å². The van der Waals surface area contributed by atoms with Gasteiger partial charge in [-0.1, -0.05) is 18.2 Å². The Bertz CT molecular complexity index is 1010. The lowest BCUT2D eigenvalue weighted by Gasteiger charge is -2.10. The number of para-hydroxylation sites is 1. The first-order chi connectivity index (χ1) is 14.1. The maximum atomic E-state index is 12.4. The number of hydrogen-bond donors (Lipinski definition) is 2. The summed E-state index contributed by atoms with van der Waals surface area (Å²) in [5.41, 5.74) is 1.66. The first-order valence-corrected chi connectivity index (χ1v) is 8.93. The zero-order chi connectivity index (χ0) is 20.6. The number of ether oxygens (including phenoxy) is 2. The molecule has 0 bridgehead atoms. The van der Waals surface area contributed by atoms with Gasteiger partial charge in [0, 0.05) is 11.8 Å². The first-order valence-electron chi connectivity index (χ1n) is 8.93. The molecule has 8 heteroatoms. The summed E-state index contributed by atoms with van der Waals surface area (Å²) in [4.78, 5) is 24.4. The molecule has 0 saturated carbocycles. The molecule has 29 heavy (non-hydrogen) atoms. The van der Waals surface area contributed by atoms with Crippen LogP contribution < -0.4 is 15.4 Å². The topological polar surface area (TPSA) is 102 Å². The zero-order valence-corrected chi connectivity index (χ0v) is 16.0. The molecule has 0 atom stereocenters. The molecule has 0 fully saturated rings. The molecule has 0 aliphatic carbocycles. The lowest BCUT2D eigenvalue weighted by atomic mass is 10.2. The number of hydrogen-bond acceptors (Lipinski definition) is 7. The molecular formula is C21H20N4O4. The van der Waals surface area contributed by atoms with Crippen LogP contribution in [-0.2, 0) is 4.74 Å². The summed E-state index contributed by atoms with van der Waals surface area (Å²) in [5, 5.41) is 13.7. The maximum absolute atomic E-state index is 12.4. The molecule has 0 radical (unpaired) electrons. The molecule has 0 saturated heterocycles. The Balaban J connectivity index is 1.71. The minimum absolute atomic E-state index is 0.150. The number of amides is 1. The van der Waals surface area contributed by atoms with Crippen molar-refractivity contribution in [2.24, 2.45) is 0 Å². The van der Waals surface area contributed by atoms with Crippen LogP contribution in [0, 0.1) is 0 Å². The molecule has 2 N–H and O–H groups in total. The molecule has 0 aliphatic rings. The van der Waals surface area contributed by atoms with E-state index in [-0.39, 0.29) is 12.3 Å². The van der Waals surface area contributed by atoms with Crippen molar-refractivity contribution < 1.29 is 19.1 Å². The van der Waals surface area contributed by atoms with Crippen LogP contribution in [0.4, 0.5) is 17.2 Å². The van der Waals surface area contributed by atoms with E-state index in [0.29, 0.717) is 28.5 Å². The smallest absolute Gasteiger partial charge is 0.340 e. The predicted octanol–water partition coefficient (Wildman–Crippen LogP) is 3.66. The third-order valence-electron chi connectivity index (χ3n) is 3.91. The molecular weight excluding hydrogens is 372 g/mol. The van der Waals surface area contributed by atoms with E-state index in [9.17, 15) is 9.59 Å². The highest BCUT2D eigenvalue weighted by Gasteiger charge is 2.13. The molecule has 1 amide bonds. The molecule has 0 unspecified atom stereocenters. The van der Waals surface area contributed by atoms with Gasteiger partial charge in [-0.3, -0.25) is 4.79 Å². The molecule has 8 nitrogen and oxygen atoms in total. The Morgan fingerprint density at radius 2 is 1.83 bits per heavy atom. The fourth-order valence-corrected chi connectivity index (χ4v) is 2.53. The summed E-state index contributed by atoms with van der Waals surface area (Å²) in [6.07, 6.45) is 0. The van der Waals surface area contributed by atoms with Gasteiger partial charge in [0.25, 0.3) is 5.91 Å². The van der Waals surface area contributed by atoms with Gasteiger partial charge >= 0.3 is 5.97 Å². The van der Waals surface area contributed by atoms with Crippen LogP contribution in [0.25, 0.3) is 0 Å². The Morgan fingerprint density at radius 3 is 2.55 bits per heavy atom. The van der Waals surface area contributed by atoms with E-state index in [0.717, 1.165) is 0 Å². The van der Waals surface area contributed by atoms with E-state index >= 15 is 0 Å². The van der Waals surface area contributed by atoms with Gasteiger partial charge in [-0.15, -0.1) is 10.2 Å².